The van der Waals surface area contributed by atoms with Crippen LogP contribution in [0.4, 0.5) is 6.01 Å². The Morgan fingerprint density at radius 2 is 1.61 bits per heavy atom. The third-order valence-electron chi connectivity index (χ3n) is 4.86. The van der Waals surface area contributed by atoms with Crippen molar-refractivity contribution >= 4 is 31.6 Å². The van der Waals surface area contributed by atoms with Crippen LogP contribution in [0.15, 0.2) is 68.8 Å². The summed E-state index contributed by atoms with van der Waals surface area (Å²) in [7, 11) is -6.79. The van der Waals surface area contributed by atoms with Gasteiger partial charge in [-0.1, -0.05) is 35.4 Å². The lowest BCUT2D eigenvalue weighted by atomic mass is 10.1. The second kappa shape index (κ2) is 10.3. The minimum absolute atomic E-state index is 0.0183. The third kappa shape index (κ3) is 6.48. The summed E-state index contributed by atoms with van der Waals surface area (Å²) in [5.41, 5.74) is 0.769. The predicted molar refractivity (Wildman–Crippen MR) is 122 cm³/mol. The van der Waals surface area contributed by atoms with Gasteiger partial charge in [0.15, 0.2) is 19.7 Å². The fourth-order valence-electron chi connectivity index (χ4n) is 2.97. The Morgan fingerprint density at radius 1 is 0.939 bits per heavy atom. The highest BCUT2D eigenvalue weighted by Gasteiger charge is 2.19. The molecule has 0 saturated carbocycles. The summed E-state index contributed by atoms with van der Waals surface area (Å²) in [6.07, 6.45) is 0.394. The zero-order valence-corrected chi connectivity index (χ0v) is 19.9. The van der Waals surface area contributed by atoms with Crippen LogP contribution in [0.25, 0.3) is 0 Å². The van der Waals surface area contributed by atoms with Gasteiger partial charge in [0, 0.05) is 6.42 Å². The molecule has 0 spiro atoms. The topological polar surface area (TPSA) is 136 Å². The molecule has 0 bridgehead atoms. The van der Waals surface area contributed by atoms with Crippen LogP contribution in [-0.2, 0) is 30.9 Å². The Balaban J connectivity index is 1.51. The first-order valence-corrected chi connectivity index (χ1v) is 13.5. The van der Waals surface area contributed by atoms with Gasteiger partial charge in [0.1, 0.15) is 0 Å². The number of benzene rings is 2. The van der Waals surface area contributed by atoms with Crippen LogP contribution in [0.5, 0.6) is 0 Å². The van der Waals surface area contributed by atoms with Crippen LogP contribution in [0.2, 0.25) is 0 Å². The molecule has 176 valence electrons. The highest BCUT2D eigenvalue weighted by molar-refractivity contribution is 7.92. The van der Waals surface area contributed by atoms with Gasteiger partial charge in [0.05, 0.1) is 27.2 Å². The molecule has 11 heteroatoms. The number of nitrogens with one attached hydrogen (secondary N) is 1. The van der Waals surface area contributed by atoms with E-state index < -0.39 is 30.8 Å². The van der Waals surface area contributed by atoms with Crippen molar-refractivity contribution in [2.45, 2.75) is 48.2 Å². The average Bonchev–Trinajstić information content (AvgIpc) is 3.21. The summed E-state index contributed by atoms with van der Waals surface area (Å²) < 4.78 is 54.3. The van der Waals surface area contributed by atoms with Crippen LogP contribution in [0.1, 0.15) is 38.1 Å². The molecule has 0 aliphatic heterocycles. The monoisotopic (exact) mass is 491 g/mol. The standard InChI is InChI=1S/C22H25N3O6S2/c1-16(2)33(29,30)19-12-10-17(11-13-19)15-21-24-25-22(31-21)23-20(26)9-6-14-32(27,28)18-7-4-3-5-8-18/h3-5,7-8,10-13,16H,6,9,14-15H2,1-2H3,(H,23,25,26). The molecule has 3 rings (SSSR count). The van der Waals surface area contributed by atoms with Crippen molar-refractivity contribution in [1.82, 2.24) is 10.2 Å². The number of rotatable bonds is 10. The highest BCUT2D eigenvalue weighted by Crippen LogP contribution is 2.18. The van der Waals surface area contributed by atoms with Crippen molar-refractivity contribution in [2.75, 3.05) is 11.1 Å². The second-order valence-corrected chi connectivity index (χ2v) is 12.3. The molecular weight excluding hydrogens is 466 g/mol. The van der Waals surface area contributed by atoms with Crippen molar-refractivity contribution in [3.63, 3.8) is 0 Å². The van der Waals surface area contributed by atoms with E-state index in [1.807, 2.05) is 0 Å². The maximum Gasteiger partial charge on any atom is 0.322 e. The van der Waals surface area contributed by atoms with Crippen LogP contribution in [0.3, 0.4) is 0 Å². The molecule has 0 fully saturated rings. The van der Waals surface area contributed by atoms with Gasteiger partial charge in [-0.2, -0.15) is 0 Å². The molecule has 1 amide bonds. The van der Waals surface area contributed by atoms with Gasteiger partial charge >= 0.3 is 6.01 Å². The summed E-state index contributed by atoms with van der Waals surface area (Å²) in [4.78, 5) is 12.6. The molecule has 3 aromatic rings. The molecular formula is C22H25N3O6S2. The lowest BCUT2D eigenvalue weighted by Crippen LogP contribution is -2.14. The molecule has 1 heterocycles. The zero-order valence-electron chi connectivity index (χ0n) is 18.3. The Kier molecular flexibility index (Phi) is 7.65. The van der Waals surface area contributed by atoms with E-state index in [1.54, 1.807) is 44.2 Å². The molecule has 0 radical (unpaired) electrons. The SMILES string of the molecule is CC(C)S(=O)(=O)c1ccc(Cc2nnc(NC(=O)CCCS(=O)(=O)c3ccccc3)o2)cc1. The zero-order chi connectivity index (χ0) is 24.1. The first kappa shape index (κ1) is 24.6. The van der Waals surface area contributed by atoms with Crippen LogP contribution >= 0.6 is 0 Å². The Hall–Kier alpha value is -3.05. The Morgan fingerprint density at radius 3 is 2.24 bits per heavy atom. The Labute approximate surface area is 193 Å². The van der Waals surface area contributed by atoms with Gasteiger partial charge in [0.2, 0.25) is 11.8 Å². The van der Waals surface area contributed by atoms with E-state index in [2.05, 4.69) is 15.5 Å². The number of carbonyl (C=O) groups excluding carboxylic acids is 1. The van der Waals surface area contributed by atoms with Gasteiger partial charge in [0.25, 0.3) is 0 Å². The van der Waals surface area contributed by atoms with Crippen molar-refractivity contribution in [3.8, 4) is 0 Å². The number of aromatic nitrogens is 2. The van der Waals surface area contributed by atoms with Gasteiger partial charge in [-0.3, -0.25) is 10.1 Å². The number of anilines is 1. The van der Waals surface area contributed by atoms with Crippen molar-refractivity contribution in [1.29, 1.82) is 0 Å². The lowest BCUT2D eigenvalue weighted by molar-refractivity contribution is -0.116. The number of carbonyl (C=O) groups is 1. The molecule has 0 aliphatic carbocycles. The van der Waals surface area contributed by atoms with Crippen molar-refractivity contribution in [3.05, 3.63) is 66.1 Å². The smallest absolute Gasteiger partial charge is 0.322 e. The maximum atomic E-state index is 12.3. The summed E-state index contributed by atoms with van der Waals surface area (Å²) in [6, 6.07) is 14.4. The number of sulfone groups is 2. The first-order chi connectivity index (χ1) is 15.6. The van der Waals surface area contributed by atoms with Crippen molar-refractivity contribution < 1.29 is 26.0 Å². The quantitative estimate of drug-likeness (QED) is 0.457. The number of nitrogens with zero attached hydrogens (tertiary/aromatic N) is 2. The van der Waals surface area contributed by atoms with E-state index in [-0.39, 0.29) is 46.7 Å². The van der Waals surface area contributed by atoms with Gasteiger partial charge in [-0.25, -0.2) is 16.8 Å². The highest BCUT2D eigenvalue weighted by atomic mass is 32.2. The van der Waals surface area contributed by atoms with E-state index in [4.69, 9.17) is 4.42 Å². The van der Waals surface area contributed by atoms with Gasteiger partial charge < -0.3 is 4.42 Å². The number of hydrogen-bond donors (Lipinski definition) is 1. The minimum Gasteiger partial charge on any atom is -0.407 e. The molecule has 2 aromatic carbocycles. The molecule has 0 atom stereocenters. The molecule has 0 unspecified atom stereocenters. The van der Waals surface area contributed by atoms with Crippen LogP contribution < -0.4 is 5.32 Å². The molecule has 0 aliphatic rings. The summed E-state index contributed by atoms with van der Waals surface area (Å²) >= 11 is 0. The van der Waals surface area contributed by atoms with Crippen LogP contribution in [-0.4, -0.2) is 43.9 Å². The number of amides is 1. The number of hydrogen-bond acceptors (Lipinski definition) is 8. The fourth-order valence-corrected chi connectivity index (χ4v) is 5.36. The van der Waals surface area contributed by atoms with E-state index in [1.165, 1.54) is 24.3 Å². The molecule has 1 N–H and O–H groups in total. The normalized spacial score (nSPS) is 12.1. The van der Waals surface area contributed by atoms with E-state index in [0.717, 1.165) is 5.56 Å². The lowest BCUT2D eigenvalue weighted by Gasteiger charge is -2.08. The maximum absolute atomic E-state index is 12.3. The molecule has 0 saturated heterocycles. The summed E-state index contributed by atoms with van der Waals surface area (Å²) in [6.45, 7) is 3.25. The molecule has 1 aromatic heterocycles. The largest absolute Gasteiger partial charge is 0.407 e. The summed E-state index contributed by atoms with van der Waals surface area (Å²) in [5.74, 6) is -0.338. The fraction of sp³-hybridized carbons (Fsp3) is 0.318. The van der Waals surface area contributed by atoms with Gasteiger partial charge in [-0.15, -0.1) is 5.10 Å². The van der Waals surface area contributed by atoms with E-state index in [0.29, 0.717) is 0 Å². The van der Waals surface area contributed by atoms with Crippen molar-refractivity contribution in [2.24, 2.45) is 0 Å². The first-order valence-electron chi connectivity index (χ1n) is 10.3. The predicted octanol–water partition coefficient (Wildman–Crippen LogP) is 3.04. The molecule has 33 heavy (non-hydrogen) atoms. The van der Waals surface area contributed by atoms with E-state index >= 15 is 0 Å². The average molecular weight is 492 g/mol. The third-order valence-corrected chi connectivity index (χ3v) is 8.85. The van der Waals surface area contributed by atoms with E-state index in [9.17, 15) is 21.6 Å². The summed E-state index contributed by atoms with van der Waals surface area (Å²) in [5, 5.41) is 9.60. The Bertz CT molecular complexity index is 1300. The second-order valence-electron chi connectivity index (χ2n) is 7.70. The molecule has 9 nitrogen and oxygen atoms in total. The van der Waals surface area contributed by atoms with Gasteiger partial charge in [-0.05, 0) is 50.1 Å². The minimum atomic E-state index is -3.45. The van der Waals surface area contributed by atoms with Crippen LogP contribution in [0, 0.1) is 0 Å².